The van der Waals surface area contributed by atoms with Crippen molar-refractivity contribution in [1.29, 1.82) is 0 Å². The van der Waals surface area contributed by atoms with E-state index in [9.17, 15) is 8.42 Å². The van der Waals surface area contributed by atoms with Gasteiger partial charge in [0, 0.05) is 0 Å². The monoisotopic (exact) mass is 120 g/mol. The van der Waals surface area contributed by atoms with Gasteiger partial charge in [0.05, 0.1) is 11.0 Å². The maximum atomic E-state index is 10.4. The first-order valence-corrected chi connectivity index (χ1v) is 4.06. The smallest absolute Gasteiger partial charge is 0.152 e. The number of hydrogen-bond acceptors (Lipinski definition) is 2. The van der Waals surface area contributed by atoms with Crippen LogP contribution < -0.4 is 0 Å². The molecule has 42 valence electrons. The van der Waals surface area contributed by atoms with Gasteiger partial charge in [-0.25, -0.2) is 8.42 Å². The Labute approximate surface area is 43.5 Å². The van der Waals surface area contributed by atoms with Crippen molar-refractivity contribution < 1.29 is 8.42 Å². The van der Waals surface area contributed by atoms with Crippen LogP contribution in [0.3, 0.4) is 0 Å². The molecule has 1 atom stereocenters. The molecular weight excluding hydrogens is 112 g/mol. The van der Waals surface area contributed by atoms with Crippen LogP contribution in [-0.4, -0.2) is 19.4 Å². The minimum atomic E-state index is -2.56. The highest BCUT2D eigenvalue weighted by Crippen LogP contribution is 2.18. The summed E-state index contributed by atoms with van der Waals surface area (Å²) in [7, 11) is -2.56. The topological polar surface area (TPSA) is 34.1 Å². The average molecular weight is 120 g/mol. The van der Waals surface area contributed by atoms with Gasteiger partial charge in [-0.3, -0.25) is 0 Å². The highest BCUT2D eigenvalue weighted by molar-refractivity contribution is 7.93. The van der Waals surface area contributed by atoms with Crippen molar-refractivity contribution in [2.75, 3.05) is 5.75 Å². The Balaban J connectivity index is 2.79. The highest BCUT2D eigenvalue weighted by atomic mass is 32.2. The van der Waals surface area contributed by atoms with E-state index in [0.29, 0.717) is 5.75 Å². The lowest BCUT2D eigenvalue weighted by atomic mass is 10.3. The molecule has 0 saturated carbocycles. The molecule has 0 radical (unpaired) electrons. The SMILES string of the molecule is C[C@@H]1CCS1(=O)=O. The summed E-state index contributed by atoms with van der Waals surface area (Å²) in [6.07, 6.45) is 0.863. The van der Waals surface area contributed by atoms with E-state index in [1.54, 1.807) is 6.92 Å². The molecule has 0 aromatic carbocycles. The lowest BCUT2D eigenvalue weighted by Crippen LogP contribution is -2.33. The third-order valence-corrected chi connectivity index (χ3v) is 3.69. The van der Waals surface area contributed by atoms with E-state index in [0.717, 1.165) is 6.42 Å². The minimum Gasteiger partial charge on any atom is -0.229 e. The maximum Gasteiger partial charge on any atom is 0.152 e. The van der Waals surface area contributed by atoms with Crippen LogP contribution in [0, 0.1) is 0 Å². The van der Waals surface area contributed by atoms with Crippen LogP contribution in [0.4, 0.5) is 0 Å². The van der Waals surface area contributed by atoms with E-state index in [1.807, 2.05) is 0 Å². The van der Waals surface area contributed by atoms with Crippen LogP contribution in [-0.2, 0) is 9.84 Å². The van der Waals surface area contributed by atoms with Crippen LogP contribution in [0.15, 0.2) is 0 Å². The van der Waals surface area contributed by atoms with E-state index in [-0.39, 0.29) is 5.25 Å². The second kappa shape index (κ2) is 1.22. The molecule has 0 aromatic heterocycles. The Morgan fingerprint density at radius 3 is 2.00 bits per heavy atom. The molecule has 1 aliphatic rings. The second-order valence-corrected chi connectivity index (χ2v) is 4.50. The zero-order valence-electron chi connectivity index (χ0n) is 4.22. The highest BCUT2D eigenvalue weighted by Gasteiger charge is 2.30. The van der Waals surface area contributed by atoms with Gasteiger partial charge in [-0.15, -0.1) is 0 Å². The minimum absolute atomic E-state index is 0.0486. The Morgan fingerprint density at radius 1 is 1.57 bits per heavy atom. The van der Waals surface area contributed by atoms with Crippen molar-refractivity contribution in [3.8, 4) is 0 Å². The third kappa shape index (κ3) is 0.650. The Hall–Kier alpha value is -0.0500. The molecule has 1 rings (SSSR count). The normalized spacial score (nSPS) is 37.0. The van der Waals surface area contributed by atoms with Gasteiger partial charge in [0.25, 0.3) is 0 Å². The molecule has 0 aliphatic carbocycles. The summed E-state index contributed by atoms with van der Waals surface area (Å²) >= 11 is 0. The summed E-state index contributed by atoms with van der Waals surface area (Å²) < 4.78 is 20.8. The summed E-state index contributed by atoms with van der Waals surface area (Å²) in [6, 6.07) is 0. The molecule has 0 spiro atoms. The van der Waals surface area contributed by atoms with Gasteiger partial charge in [0.1, 0.15) is 0 Å². The van der Waals surface area contributed by atoms with E-state index in [4.69, 9.17) is 0 Å². The Morgan fingerprint density at radius 2 is 2.00 bits per heavy atom. The lowest BCUT2D eigenvalue weighted by molar-refractivity contribution is 0.556. The summed E-state index contributed by atoms with van der Waals surface area (Å²) in [5.74, 6) is 0.411. The van der Waals surface area contributed by atoms with Crippen LogP contribution in [0.25, 0.3) is 0 Å². The van der Waals surface area contributed by atoms with E-state index in [2.05, 4.69) is 0 Å². The predicted molar refractivity (Wildman–Crippen MR) is 27.9 cm³/mol. The Bertz CT molecular complexity index is 157. The van der Waals surface area contributed by atoms with Gasteiger partial charge < -0.3 is 0 Å². The standard InChI is InChI=1S/C4H8O2S/c1-4-2-3-7(4,5)6/h4H,2-3H2,1H3/t4-/m1/s1. The van der Waals surface area contributed by atoms with Crippen LogP contribution >= 0.6 is 0 Å². The molecule has 0 unspecified atom stereocenters. The first-order chi connectivity index (χ1) is 3.13. The molecular formula is C4H8O2S. The predicted octanol–water partition coefficient (Wildman–Crippen LogP) is 0.193. The number of hydrogen-bond donors (Lipinski definition) is 0. The van der Waals surface area contributed by atoms with Crippen molar-refractivity contribution in [3.05, 3.63) is 0 Å². The molecule has 2 nitrogen and oxygen atoms in total. The largest absolute Gasteiger partial charge is 0.229 e. The van der Waals surface area contributed by atoms with Gasteiger partial charge in [-0.05, 0) is 13.3 Å². The third-order valence-electron chi connectivity index (χ3n) is 1.42. The fraction of sp³-hybridized carbons (Fsp3) is 1.00. The summed E-state index contributed by atoms with van der Waals surface area (Å²) in [5, 5.41) is -0.0486. The fourth-order valence-electron chi connectivity index (χ4n) is 0.546. The lowest BCUT2D eigenvalue weighted by Gasteiger charge is -2.20. The first-order valence-electron chi connectivity index (χ1n) is 2.34. The second-order valence-electron chi connectivity index (χ2n) is 1.97. The van der Waals surface area contributed by atoms with Gasteiger partial charge in [-0.2, -0.15) is 0 Å². The van der Waals surface area contributed by atoms with Crippen molar-refractivity contribution in [2.24, 2.45) is 0 Å². The molecule has 3 heteroatoms. The van der Waals surface area contributed by atoms with Gasteiger partial charge >= 0.3 is 0 Å². The zero-order valence-corrected chi connectivity index (χ0v) is 5.03. The molecule has 0 N–H and O–H groups in total. The number of sulfone groups is 1. The van der Waals surface area contributed by atoms with Crippen molar-refractivity contribution in [2.45, 2.75) is 18.6 Å². The summed E-state index contributed by atoms with van der Waals surface area (Å²) in [6.45, 7) is 1.75. The molecule has 0 bridgehead atoms. The van der Waals surface area contributed by atoms with Crippen LogP contribution in [0.5, 0.6) is 0 Å². The quantitative estimate of drug-likeness (QED) is 0.457. The van der Waals surface area contributed by atoms with Crippen LogP contribution in [0.2, 0.25) is 0 Å². The zero-order chi connectivity index (χ0) is 5.49. The molecule has 0 amide bonds. The van der Waals surface area contributed by atoms with E-state index >= 15 is 0 Å². The Kier molecular flexibility index (Phi) is 0.885. The van der Waals surface area contributed by atoms with Crippen molar-refractivity contribution in [1.82, 2.24) is 0 Å². The number of rotatable bonds is 0. The molecule has 1 aliphatic heterocycles. The van der Waals surface area contributed by atoms with Gasteiger partial charge in [0.2, 0.25) is 0 Å². The fourth-order valence-corrected chi connectivity index (χ4v) is 1.64. The molecule has 1 heterocycles. The molecule has 7 heavy (non-hydrogen) atoms. The van der Waals surface area contributed by atoms with Gasteiger partial charge in [-0.1, -0.05) is 0 Å². The molecule has 0 aromatic rings. The van der Waals surface area contributed by atoms with Crippen LogP contribution in [0.1, 0.15) is 13.3 Å². The first kappa shape index (κ1) is 5.09. The van der Waals surface area contributed by atoms with Gasteiger partial charge in [0.15, 0.2) is 9.84 Å². The summed E-state index contributed by atoms with van der Waals surface area (Å²) in [4.78, 5) is 0. The maximum absolute atomic E-state index is 10.4. The molecule has 1 fully saturated rings. The summed E-state index contributed by atoms with van der Waals surface area (Å²) in [5.41, 5.74) is 0. The van der Waals surface area contributed by atoms with E-state index < -0.39 is 9.84 Å². The molecule has 1 saturated heterocycles. The average Bonchev–Trinajstić information content (AvgIpc) is 1.63. The van der Waals surface area contributed by atoms with Crippen molar-refractivity contribution >= 4 is 9.84 Å². The van der Waals surface area contributed by atoms with E-state index in [1.165, 1.54) is 0 Å². The van der Waals surface area contributed by atoms with Crippen molar-refractivity contribution in [3.63, 3.8) is 0 Å².